The van der Waals surface area contributed by atoms with Gasteiger partial charge in [-0.2, -0.15) is 5.10 Å². The Morgan fingerprint density at radius 2 is 2.36 bits per heavy atom. The zero-order valence-electron chi connectivity index (χ0n) is 8.37. The smallest absolute Gasteiger partial charge is 0.274 e. The number of carbonyl (C=O) groups is 1. The van der Waals surface area contributed by atoms with E-state index in [-0.39, 0.29) is 5.91 Å². The van der Waals surface area contributed by atoms with Crippen molar-refractivity contribution in [1.29, 1.82) is 0 Å². The van der Waals surface area contributed by atoms with E-state index in [2.05, 4.69) is 15.5 Å². The van der Waals surface area contributed by atoms with Gasteiger partial charge in [0.1, 0.15) is 5.69 Å². The molecule has 0 aromatic carbocycles. The number of H-pyrrole nitrogens is 1. The molecule has 0 saturated carbocycles. The summed E-state index contributed by atoms with van der Waals surface area (Å²) in [5.41, 5.74) is 1.41. The van der Waals surface area contributed by atoms with Gasteiger partial charge in [-0.25, -0.2) is 0 Å². The lowest BCUT2D eigenvalue weighted by molar-refractivity contribution is 0.0675. The minimum absolute atomic E-state index is 0.0131. The van der Waals surface area contributed by atoms with Crippen molar-refractivity contribution < 1.29 is 4.79 Å². The van der Waals surface area contributed by atoms with Crippen molar-refractivity contribution in [3.05, 3.63) is 17.5 Å². The van der Waals surface area contributed by atoms with E-state index in [1.807, 2.05) is 14.0 Å². The van der Waals surface area contributed by atoms with Crippen LogP contribution in [0.2, 0.25) is 0 Å². The van der Waals surface area contributed by atoms with Crippen molar-refractivity contribution in [2.75, 3.05) is 20.1 Å². The highest BCUT2D eigenvalue weighted by molar-refractivity contribution is 5.92. The summed E-state index contributed by atoms with van der Waals surface area (Å²) in [5, 5.41) is 9.84. The molecule has 1 aromatic heterocycles. The number of nitrogens with zero attached hydrogens (tertiary/aromatic N) is 2. The van der Waals surface area contributed by atoms with Gasteiger partial charge in [-0.05, 0) is 13.0 Å². The fraction of sp³-hybridized carbons (Fsp3) is 0.556. The molecular formula is C9H14N4O. The third-order valence-corrected chi connectivity index (χ3v) is 2.55. The van der Waals surface area contributed by atoms with Gasteiger partial charge in [0.2, 0.25) is 0 Å². The maximum atomic E-state index is 11.8. The Bertz CT molecular complexity index is 342. The van der Waals surface area contributed by atoms with Gasteiger partial charge in [-0.1, -0.05) is 0 Å². The summed E-state index contributed by atoms with van der Waals surface area (Å²) in [4.78, 5) is 13.6. The molecule has 76 valence electrons. The molecule has 5 heteroatoms. The number of aryl methyl sites for hydroxylation is 1. The molecule has 1 fully saturated rings. The van der Waals surface area contributed by atoms with Crippen LogP contribution in [0.25, 0.3) is 0 Å². The number of carbonyl (C=O) groups excluding carboxylic acids is 1. The second kappa shape index (κ2) is 3.42. The molecular weight excluding hydrogens is 180 g/mol. The Morgan fingerprint density at radius 3 is 2.79 bits per heavy atom. The van der Waals surface area contributed by atoms with Gasteiger partial charge in [0.15, 0.2) is 0 Å². The molecule has 2 N–H and O–H groups in total. The Balaban J connectivity index is 2.07. The SMILES string of the molecule is Cc1cc(C(=O)N(C)C2CNC2)n[nH]1. The summed E-state index contributed by atoms with van der Waals surface area (Å²) in [7, 11) is 1.82. The first-order chi connectivity index (χ1) is 6.68. The molecule has 0 atom stereocenters. The minimum atomic E-state index is -0.0131. The van der Waals surface area contributed by atoms with Crippen LogP contribution in [0, 0.1) is 6.92 Å². The number of hydrogen-bond acceptors (Lipinski definition) is 3. The van der Waals surface area contributed by atoms with E-state index in [1.54, 1.807) is 11.0 Å². The summed E-state index contributed by atoms with van der Waals surface area (Å²) >= 11 is 0. The molecule has 5 nitrogen and oxygen atoms in total. The van der Waals surface area contributed by atoms with Crippen LogP contribution in [-0.2, 0) is 0 Å². The van der Waals surface area contributed by atoms with Crippen LogP contribution in [0.4, 0.5) is 0 Å². The zero-order chi connectivity index (χ0) is 10.1. The molecule has 1 aliphatic heterocycles. The number of hydrogen-bond donors (Lipinski definition) is 2. The van der Waals surface area contributed by atoms with E-state index in [4.69, 9.17) is 0 Å². The molecule has 2 heterocycles. The molecule has 0 unspecified atom stereocenters. The Labute approximate surface area is 82.5 Å². The number of likely N-dealkylation sites (N-methyl/N-ethyl adjacent to an activating group) is 1. The van der Waals surface area contributed by atoms with Crippen LogP contribution in [0.15, 0.2) is 6.07 Å². The first-order valence-corrected chi connectivity index (χ1v) is 4.68. The van der Waals surface area contributed by atoms with Gasteiger partial charge in [0.25, 0.3) is 5.91 Å². The normalized spacial score (nSPS) is 16.4. The third-order valence-electron chi connectivity index (χ3n) is 2.55. The molecule has 1 aliphatic rings. The first kappa shape index (κ1) is 9.21. The van der Waals surface area contributed by atoms with E-state index >= 15 is 0 Å². The first-order valence-electron chi connectivity index (χ1n) is 4.68. The summed E-state index contributed by atoms with van der Waals surface area (Å²) in [6, 6.07) is 2.09. The molecule has 1 amide bonds. The van der Waals surface area contributed by atoms with E-state index < -0.39 is 0 Å². The van der Waals surface area contributed by atoms with Crippen LogP contribution in [0.5, 0.6) is 0 Å². The van der Waals surface area contributed by atoms with Gasteiger partial charge in [-0.15, -0.1) is 0 Å². The Kier molecular flexibility index (Phi) is 2.25. The average molecular weight is 194 g/mol. The van der Waals surface area contributed by atoms with Crippen molar-refractivity contribution in [3.8, 4) is 0 Å². The van der Waals surface area contributed by atoms with Gasteiger partial charge in [0.05, 0.1) is 6.04 Å². The van der Waals surface area contributed by atoms with E-state index in [0.29, 0.717) is 11.7 Å². The predicted octanol–water partition coefficient (Wildman–Crippen LogP) is -0.238. The lowest BCUT2D eigenvalue weighted by Gasteiger charge is -2.35. The highest BCUT2D eigenvalue weighted by Gasteiger charge is 2.26. The number of nitrogens with one attached hydrogen (secondary N) is 2. The second-order valence-corrected chi connectivity index (χ2v) is 3.66. The van der Waals surface area contributed by atoms with Crippen LogP contribution in [-0.4, -0.2) is 47.2 Å². The van der Waals surface area contributed by atoms with Crippen molar-refractivity contribution in [3.63, 3.8) is 0 Å². The highest BCUT2D eigenvalue weighted by atomic mass is 16.2. The zero-order valence-corrected chi connectivity index (χ0v) is 8.37. The molecule has 0 bridgehead atoms. The number of amides is 1. The largest absolute Gasteiger partial charge is 0.335 e. The monoisotopic (exact) mass is 194 g/mol. The summed E-state index contributed by atoms with van der Waals surface area (Å²) < 4.78 is 0. The molecule has 2 rings (SSSR count). The van der Waals surface area contributed by atoms with Gasteiger partial charge >= 0.3 is 0 Å². The lowest BCUT2D eigenvalue weighted by atomic mass is 10.1. The van der Waals surface area contributed by atoms with Gasteiger partial charge < -0.3 is 10.2 Å². The third kappa shape index (κ3) is 1.50. The van der Waals surface area contributed by atoms with Crippen LogP contribution in [0.3, 0.4) is 0 Å². The lowest BCUT2D eigenvalue weighted by Crippen LogP contribution is -2.57. The standard InChI is InChI=1S/C9H14N4O/c1-6-3-8(12-11-6)9(14)13(2)7-4-10-5-7/h3,7,10H,4-5H2,1-2H3,(H,11,12). The summed E-state index contributed by atoms with van der Waals surface area (Å²) in [5.74, 6) is -0.0131. The van der Waals surface area contributed by atoms with E-state index in [1.165, 1.54) is 0 Å². The molecule has 1 saturated heterocycles. The maximum Gasteiger partial charge on any atom is 0.274 e. The number of rotatable bonds is 2. The molecule has 0 aliphatic carbocycles. The number of aromatic amines is 1. The van der Waals surface area contributed by atoms with Crippen molar-refractivity contribution in [2.45, 2.75) is 13.0 Å². The van der Waals surface area contributed by atoms with Crippen LogP contribution < -0.4 is 5.32 Å². The second-order valence-electron chi connectivity index (χ2n) is 3.66. The minimum Gasteiger partial charge on any atom is -0.335 e. The average Bonchev–Trinajstić information content (AvgIpc) is 2.47. The predicted molar refractivity (Wildman–Crippen MR) is 52.1 cm³/mol. The highest BCUT2D eigenvalue weighted by Crippen LogP contribution is 2.08. The van der Waals surface area contributed by atoms with Crippen LogP contribution >= 0.6 is 0 Å². The molecule has 14 heavy (non-hydrogen) atoms. The summed E-state index contributed by atoms with van der Waals surface area (Å²) in [6.45, 7) is 3.64. The maximum absolute atomic E-state index is 11.8. The molecule has 0 spiro atoms. The Hall–Kier alpha value is -1.36. The fourth-order valence-corrected chi connectivity index (χ4v) is 1.42. The van der Waals surface area contributed by atoms with Crippen molar-refractivity contribution in [2.24, 2.45) is 0 Å². The molecule has 0 radical (unpaired) electrons. The fourth-order valence-electron chi connectivity index (χ4n) is 1.42. The topological polar surface area (TPSA) is 61.0 Å². The van der Waals surface area contributed by atoms with Gasteiger partial charge in [0, 0.05) is 25.8 Å². The summed E-state index contributed by atoms with van der Waals surface area (Å²) in [6.07, 6.45) is 0. The van der Waals surface area contributed by atoms with Gasteiger partial charge in [-0.3, -0.25) is 9.89 Å². The molecule has 1 aromatic rings. The van der Waals surface area contributed by atoms with Crippen LogP contribution in [0.1, 0.15) is 16.2 Å². The Morgan fingerprint density at radius 1 is 1.64 bits per heavy atom. The van der Waals surface area contributed by atoms with E-state index in [9.17, 15) is 4.79 Å². The van der Waals surface area contributed by atoms with Crippen molar-refractivity contribution in [1.82, 2.24) is 20.4 Å². The van der Waals surface area contributed by atoms with E-state index in [0.717, 1.165) is 18.8 Å². The number of aromatic nitrogens is 2. The van der Waals surface area contributed by atoms with Crippen molar-refractivity contribution >= 4 is 5.91 Å². The quantitative estimate of drug-likeness (QED) is 0.683.